The van der Waals surface area contributed by atoms with Crippen LogP contribution in [-0.2, 0) is 14.3 Å². The van der Waals surface area contributed by atoms with E-state index in [1.807, 2.05) is 0 Å². The van der Waals surface area contributed by atoms with Gasteiger partial charge in [0, 0.05) is 35.5 Å². The van der Waals surface area contributed by atoms with Gasteiger partial charge >= 0.3 is 5.97 Å². The molecule has 0 saturated heterocycles. The van der Waals surface area contributed by atoms with Crippen molar-refractivity contribution in [1.29, 1.82) is 0 Å². The topological polar surface area (TPSA) is 94.1 Å². The Hall–Kier alpha value is -2.94. The second-order valence-electron chi connectivity index (χ2n) is 6.76. The highest BCUT2D eigenvalue weighted by Crippen LogP contribution is 2.43. The molecule has 0 aliphatic heterocycles. The maximum atomic E-state index is 12.8. The Morgan fingerprint density at radius 1 is 1.00 bits per heavy atom. The van der Waals surface area contributed by atoms with E-state index in [-0.39, 0.29) is 5.91 Å². The third-order valence-electron chi connectivity index (χ3n) is 5.01. The SMILES string of the molecule is COc1ccc(C(=O)Nc2ccccc2C2=CC(OC)(OC)C=C(Br)C2C(=O)O)cc1. The molecule has 1 amide bonds. The summed E-state index contributed by atoms with van der Waals surface area (Å²) in [5.41, 5.74) is 1.87. The van der Waals surface area contributed by atoms with Crippen molar-refractivity contribution in [3.05, 3.63) is 76.3 Å². The average molecular weight is 488 g/mol. The Morgan fingerprint density at radius 3 is 2.23 bits per heavy atom. The first kappa shape index (κ1) is 22.7. The first-order valence-electron chi connectivity index (χ1n) is 9.33. The Balaban J connectivity index is 2.03. The van der Waals surface area contributed by atoms with E-state index >= 15 is 0 Å². The molecule has 0 saturated carbocycles. The number of carbonyl (C=O) groups is 2. The lowest BCUT2D eigenvalue weighted by molar-refractivity contribution is -0.140. The molecule has 162 valence electrons. The Morgan fingerprint density at radius 2 is 1.65 bits per heavy atom. The number of hydrogen-bond donors (Lipinski definition) is 2. The van der Waals surface area contributed by atoms with Gasteiger partial charge in [0.2, 0.25) is 5.79 Å². The number of rotatable bonds is 7. The van der Waals surface area contributed by atoms with Gasteiger partial charge < -0.3 is 24.6 Å². The Labute approximate surface area is 188 Å². The minimum atomic E-state index is -1.24. The molecule has 0 spiro atoms. The van der Waals surface area contributed by atoms with Crippen LogP contribution in [0.4, 0.5) is 5.69 Å². The number of para-hydroxylation sites is 1. The van der Waals surface area contributed by atoms with E-state index < -0.39 is 17.7 Å². The number of carboxylic acids is 1. The zero-order chi connectivity index (χ0) is 22.6. The Kier molecular flexibility index (Phi) is 6.94. The molecule has 31 heavy (non-hydrogen) atoms. The molecule has 2 aromatic carbocycles. The van der Waals surface area contributed by atoms with Gasteiger partial charge in [0.15, 0.2) is 0 Å². The summed E-state index contributed by atoms with van der Waals surface area (Å²) in [5.74, 6) is -2.98. The van der Waals surface area contributed by atoms with Gasteiger partial charge in [-0.05, 0) is 48.1 Å². The fraction of sp³-hybridized carbons (Fsp3) is 0.217. The van der Waals surface area contributed by atoms with Crippen molar-refractivity contribution in [2.24, 2.45) is 5.92 Å². The predicted molar refractivity (Wildman–Crippen MR) is 120 cm³/mol. The molecule has 0 fully saturated rings. The van der Waals surface area contributed by atoms with Gasteiger partial charge in [-0.3, -0.25) is 9.59 Å². The number of nitrogens with one attached hydrogen (secondary N) is 1. The number of hydrogen-bond acceptors (Lipinski definition) is 5. The number of methoxy groups -OCH3 is 3. The lowest BCUT2D eigenvalue weighted by atomic mass is 9.85. The smallest absolute Gasteiger partial charge is 0.316 e. The number of carboxylic acid groups (broad SMARTS) is 1. The summed E-state index contributed by atoms with van der Waals surface area (Å²) in [6, 6.07) is 13.7. The van der Waals surface area contributed by atoms with Crippen molar-refractivity contribution in [2.45, 2.75) is 5.79 Å². The predicted octanol–water partition coefficient (Wildman–Crippen LogP) is 4.31. The van der Waals surface area contributed by atoms with Crippen LogP contribution in [0.15, 0.2) is 65.2 Å². The van der Waals surface area contributed by atoms with Gasteiger partial charge in [-0.15, -0.1) is 0 Å². The van der Waals surface area contributed by atoms with Crippen molar-refractivity contribution in [3.8, 4) is 5.75 Å². The number of ether oxygens (including phenoxy) is 3. The lowest BCUT2D eigenvalue weighted by Crippen LogP contribution is -2.35. The maximum Gasteiger partial charge on any atom is 0.316 e. The van der Waals surface area contributed by atoms with Crippen molar-refractivity contribution < 1.29 is 28.9 Å². The van der Waals surface area contributed by atoms with E-state index in [2.05, 4.69) is 21.2 Å². The van der Waals surface area contributed by atoms with Crippen LogP contribution < -0.4 is 10.1 Å². The molecule has 1 unspecified atom stereocenters. The molecule has 0 radical (unpaired) electrons. The highest BCUT2D eigenvalue weighted by molar-refractivity contribution is 9.11. The maximum absolute atomic E-state index is 12.8. The zero-order valence-electron chi connectivity index (χ0n) is 17.2. The molecule has 3 rings (SSSR count). The highest BCUT2D eigenvalue weighted by Gasteiger charge is 2.38. The fourth-order valence-electron chi connectivity index (χ4n) is 3.35. The van der Waals surface area contributed by atoms with Crippen LogP contribution in [-0.4, -0.2) is 44.1 Å². The summed E-state index contributed by atoms with van der Waals surface area (Å²) in [6.07, 6.45) is 3.17. The van der Waals surface area contributed by atoms with Crippen LogP contribution in [0, 0.1) is 5.92 Å². The summed E-state index contributed by atoms with van der Waals surface area (Å²) in [5, 5.41) is 12.7. The highest BCUT2D eigenvalue weighted by atomic mass is 79.9. The normalized spacial score (nSPS) is 17.4. The standard InChI is InChI=1S/C23H22BrNO6/c1-29-15-10-8-14(9-11-15)21(26)25-19-7-5-4-6-16(19)17-12-23(30-2,31-3)13-18(24)20(17)22(27)28/h4-13,20H,1-3H3,(H,25,26)(H,27,28). The van der Waals surface area contributed by atoms with Gasteiger partial charge in [-0.25, -0.2) is 0 Å². The van der Waals surface area contributed by atoms with Crippen molar-refractivity contribution >= 4 is 39.1 Å². The van der Waals surface area contributed by atoms with Crippen molar-refractivity contribution in [3.63, 3.8) is 0 Å². The molecule has 1 aliphatic rings. The number of amides is 1. The van der Waals surface area contributed by atoms with Gasteiger partial charge in [-0.2, -0.15) is 0 Å². The third-order valence-corrected chi connectivity index (χ3v) is 5.69. The number of benzene rings is 2. The number of anilines is 1. The zero-order valence-corrected chi connectivity index (χ0v) is 18.8. The second kappa shape index (κ2) is 9.47. The van der Waals surface area contributed by atoms with Crippen LogP contribution in [0.3, 0.4) is 0 Å². The summed E-state index contributed by atoms with van der Waals surface area (Å²) in [6.45, 7) is 0. The summed E-state index contributed by atoms with van der Waals surface area (Å²) in [7, 11) is 4.48. The number of aliphatic carboxylic acids is 1. The van der Waals surface area contributed by atoms with Crippen LogP contribution in [0.25, 0.3) is 5.57 Å². The summed E-state index contributed by atoms with van der Waals surface area (Å²) in [4.78, 5) is 24.9. The molecular formula is C23H22BrNO6. The number of halogens is 1. The fourth-order valence-corrected chi connectivity index (χ4v) is 4.11. The van der Waals surface area contributed by atoms with Crippen molar-refractivity contribution in [1.82, 2.24) is 0 Å². The van der Waals surface area contributed by atoms with E-state index in [4.69, 9.17) is 14.2 Å². The monoisotopic (exact) mass is 487 g/mol. The van der Waals surface area contributed by atoms with E-state index in [1.165, 1.54) is 14.2 Å². The molecular weight excluding hydrogens is 466 g/mol. The van der Waals surface area contributed by atoms with Gasteiger partial charge in [-0.1, -0.05) is 34.1 Å². The van der Waals surface area contributed by atoms with Crippen molar-refractivity contribution in [2.75, 3.05) is 26.6 Å². The van der Waals surface area contributed by atoms with Crippen LogP contribution in [0.1, 0.15) is 15.9 Å². The minimum absolute atomic E-state index is 0.335. The molecule has 7 nitrogen and oxygen atoms in total. The van der Waals surface area contributed by atoms with Gasteiger partial charge in [0.25, 0.3) is 5.91 Å². The van der Waals surface area contributed by atoms with Crippen LogP contribution in [0.2, 0.25) is 0 Å². The summed E-state index contributed by atoms with van der Waals surface area (Å²) < 4.78 is 16.5. The largest absolute Gasteiger partial charge is 0.497 e. The first-order chi connectivity index (χ1) is 14.8. The van der Waals surface area contributed by atoms with E-state index in [1.54, 1.807) is 67.8 Å². The summed E-state index contributed by atoms with van der Waals surface area (Å²) >= 11 is 3.36. The molecule has 0 heterocycles. The van der Waals surface area contributed by atoms with E-state index in [0.29, 0.717) is 32.6 Å². The van der Waals surface area contributed by atoms with E-state index in [0.717, 1.165) is 0 Å². The molecule has 0 bridgehead atoms. The van der Waals surface area contributed by atoms with Gasteiger partial charge in [0.05, 0.1) is 7.11 Å². The molecule has 8 heteroatoms. The molecule has 1 atom stereocenters. The minimum Gasteiger partial charge on any atom is -0.497 e. The molecule has 2 N–H and O–H groups in total. The first-order valence-corrected chi connectivity index (χ1v) is 10.1. The third kappa shape index (κ3) is 4.71. The molecule has 1 aliphatic carbocycles. The van der Waals surface area contributed by atoms with Crippen LogP contribution >= 0.6 is 15.9 Å². The average Bonchev–Trinajstić information content (AvgIpc) is 2.78. The molecule has 2 aromatic rings. The second-order valence-corrected chi connectivity index (χ2v) is 7.67. The quantitative estimate of drug-likeness (QED) is 0.565. The lowest BCUT2D eigenvalue weighted by Gasteiger charge is -2.33. The van der Waals surface area contributed by atoms with Gasteiger partial charge in [0.1, 0.15) is 11.7 Å². The van der Waals surface area contributed by atoms with Crippen LogP contribution in [0.5, 0.6) is 5.75 Å². The number of carbonyl (C=O) groups excluding carboxylic acids is 1. The van der Waals surface area contributed by atoms with E-state index in [9.17, 15) is 14.7 Å². The molecule has 0 aromatic heterocycles. The Bertz CT molecular complexity index is 1040.